The van der Waals surface area contributed by atoms with E-state index in [0.717, 1.165) is 5.82 Å². The molecule has 3 rings (SSSR count). The van der Waals surface area contributed by atoms with Crippen molar-refractivity contribution in [3.63, 3.8) is 0 Å². The molecule has 0 bridgehead atoms. The lowest BCUT2D eigenvalue weighted by Crippen LogP contribution is -2.26. The van der Waals surface area contributed by atoms with Crippen LogP contribution in [0.3, 0.4) is 0 Å². The van der Waals surface area contributed by atoms with Crippen LogP contribution < -0.4 is 11.4 Å². The van der Waals surface area contributed by atoms with Crippen molar-refractivity contribution in [2.24, 2.45) is 7.05 Å². The van der Waals surface area contributed by atoms with Gasteiger partial charge in [-0.15, -0.1) is 0 Å². The fraction of sp³-hybridized carbons (Fsp3) is 0.214. The van der Waals surface area contributed by atoms with E-state index in [9.17, 15) is 9.59 Å². The number of hydrogen-bond acceptors (Lipinski definition) is 4. The van der Waals surface area contributed by atoms with E-state index in [4.69, 9.17) is 4.42 Å². The molecule has 0 N–H and O–H groups in total. The summed E-state index contributed by atoms with van der Waals surface area (Å²) in [5, 5.41) is 0.409. The first-order valence-corrected chi connectivity index (χ1v) is 6.25. The molecular weight excluding hydrogens is 258 g/mol. The van der Waals surface area contributed by atoms with Gasteiger partial charge >= 0.3 is 11.4 Å². The number of aryl methyl sites for hydroxylation is 3. The molecule has 0 spiro atoms. The molecule has 0 amide bonds. The van der Waals surface area contributed by atoms with Gasteiger partial charge in [-0.25, -0.2) is 14.6 Å². The van der Waals surface area contributed by atoms with E-state index < -0.39 is 11.4 Å². The molecule has 0 unspecified atom stereocenters. The normalized spacial score (nSPS) is 11.1. The SMILES string of the molecule is Cn1ccnc1CCn1c(=O)oc(=O)c2ccccc21. The van der Waals surface area contributed by atoms with Gasteiger partial charge in [0, 0.05) is 32.4 Å². The summed E-state index contributed by atoms with van der Waals surface area (Å²) in [5.74, 6) is 0.232. The number of aromatic nitrogens is 3. The summed E-state index contributed by atoms with van der Waals surface area (Å²) in [6.45, 7) is 0.411. The predicted molar refractivity (Wildman–Crippen MR) is 73.7 cm³/mol. The lowest BCUT2D eigenvalue weighted by Gasteiger charge is -2.08. The predicted octanol–water partition coefficient (Wildman–Crippen LogP) is 0.931. The molecule has 2 heterocycles. The third kappa shape index (κ3) is 2.05. The minimum atomic E-state index is -0.636. The highest BCUT2D eigenvalue weighted by atomic mass is 16.4. The molecule has 6 nitrogen and oxygen atoms in total. The Morgan fingerprint density at radius 1 is 1.25 bits per heavy atom. The molecule has 0 aliphatic carbocycles. The number of para-hydroxylation sites is 1. The first-order valence-electron chi connectivity index (χ1n) is 6.25. The van der Waals surface area contributed by atoms with Gasteiger partial charge in [-0.2, -0.15) is 0 Å². The molecule has 0 radical (unpaired) electrons. The molecule has 0 saturated heterocycles. The van der Waals surface area contributed by atoms with Gasteiger partial charge in [-0.3, -0.25) is 4.57 Å². The molecule has 0 aliphatic rings. The minimum Gasteiger partial charge on any atom is -0.372 e. The molecule has 20 heavy (non-hydrogen) atoms. The van der Waals surface area contributed by atoms with E-state index in [0.29, 0.717) is 23.9 Å². The van der Waals surface area contributed by atoms with Crippen molar-refractivity contribution in [3.8, 4) is 0 Å². The van der Waals surface area contributed by atoms with Crippen molar-refractivity contribution in [1.82, 2.24) is 14.1 Å². The quantitative estimate of drug-likeness (QED) is 0.710. The van der Waals surface area contributed by atoms with Crippen LogP contribution in [0.4, 0.5) is 0 Å². The fourth-order valence-electron chi connectivity index (χ4n) is 2.23. The maximum absolute atomic E-state index is 11.9. The third-order valence-corrected chi connectivity index (χ3v) is 3.30. The summed E-state index contributed by atoms with van der Waals surface area (Å²) in [6.07, 6.45) is 4.14. The van der Waals surface area contributed by atoms with Crippen LogP contribution in [0.1, 0.15) is 5.82 Å². The van der Waals surface area contributed by atoms with Crippen molar-refractivity contribution in [2.45, 2.75) is 13.0 Å². The molecule has 1 aromatic carbocycles. The van der Waals surface area contributed by atoms with E-state index in [1.165, 1.54) is 4.57 Å². The minimum absolute atomic E-state index is 0.409. The van der Waals surface area contributed by atoms with Crippen molar-refractivity contribution in [2.75, 3.05) is 0 Å². The summed E-state index contributed by atoms with van der Waals surface area (Å²) >= 11 is 0. The zero-order valence-electron chi connectivity index (χ0n) is 10.9. The Hall–Kier alpha value is -2.63. The van der Waals surface area contributed by atoms with Crippen molar-refractivity contribution in [1.29, 1.82) is 0 Å². The molecule has 0 fully saturated rings. The highest BCUT2D eigenvalue weighted by Gasteiger charge is 2.09. The van der Waals surface area contributed by atoms with Crippen molar-refractivity contribution < 1.29 is 4.42 Å². The van der Waals surface area contributed by atoms with E-state index in [-0.39, 0.29) is 0 Å². The Labute approximate surface area is 113 Å². The van der Waals surface area contributed by atoms with E-state index in [1.807, 2.05) is 17.8 Å². The van der Waals surface area contributed by atoms with Crippen LogP contribution in [0, 0.1) is 0 Å². The van der Waals surface area contributed by atoms with Gasteiger partial charge in [0.15, 0.2) is 0 Å². The molecule has 3 aromatic rings. The maximum Gasteiger partial charge on any atom is 0.422 e. The topological polar surface area (TPSA) is 70.0 Å². The Kier molecular flexibility index (Phi) is 2.98. The van der Waals surface area contributed by atoms with Gasteiger partial charge < -0.3 is 8.98 Å². The molecule has 102 valence electrons. The van der Waals surface area contributed by atoms with Crippen LogP contribution in [0.5, 0.6) is 0 Å². The van der Waals surface area contributed by atoms with Crippen molar-refractivity contribution in [3.05, 3.63) is 63.5 Å². The van der Waals surface area contributed by atoms with E-state index in [1.54, 1.807) is 30.5 Å². The Balaban J connectivity index is 2.05. The van der Waals surface area contributed by atoms with Gasteiger partial charge in [0.25, 0.3) is 0 Å². The second kappa shape index (κ2) is 4.80. The number of rotatable bonds is 3. The maximum atomic E-state index is 11.9. The van der Waals surface area contributed by atoms with Gasteiger partial charge in [-0.05, 0) is 12.1 Å². The molecule has 6 heteroatoms. The Bertz CT molecular complexity index is 873. The lowest BCUT2D eigenvalue weighted by atomic mass is 10.2. The third-order valence-electron chi connectivity index (χ3n) is 3.30. The highest BCUT2D eigenvalue weighted by molar-refractivity contribution is 5.77. The smallest absolute Gasteiger partial charge is 0.372 e. The average molecular weight is 271 g/mol. The second-order valence-electron chi connectivity index (χ2n) is 4.53. The van der Waals surface area contributed by atoms with Crippen LogP contribution in [0.25, 0.3) is 10.9 Å². The fourth-order valence-corrected chi connectivity index (χ4v) is 2.23. The van der Waals surface area contributed by atoms with Gasteiger partial charge in [0.05, 0.1) is 10.9 Å². The number of fused-ring (bicyclic) bond motifs is 1. The summed E-state index contributed by atoms with van der Waals surface area (Å²) in [5.41, 5.74) is -0.0122. The summed E-state index contributed by atoms with van der Waals surface area (Å²) < 4.78 is 8.11. The Morgan fingerprint density at radius 3 is 2.80 bits per heavy atom. The average Bonchev–Trinajstić information content (AvgIpc) is 2.84. The van der Waals surface area contributed by atoms with Crippen molar-refractivity contribution >= 4 is 10.9 Å². The number of benzene rings is 1. The van der Waals surface area contributed by atoms with Gasteiger partial charge in [-0.1, -0.05) is 12.1 Å². The van der Waals surface area contributed by atoms with Crippen LogP contribution in [0.15, 0.2) is 50.7 Å². The van der Waals surface area contributed by atoms with Gasteiger partial charge in [0.2, 0.25) is 0 Å². The highest BCUT2D eigenvalue weighted by Crippen LogP contribution is 2.08. The van der Waals surface area contributed by atoms with E-state index >= 15 is 0 Å². The first-order chi connectivity index (χ1) is 9.66. The second-order valence-corrected chi connectivity index (χ2v) is 4.53. The largest absolute Gasteiger partial charge is 0.422 e. The molecule has 2 aromatic heterocycles. The summed E-state index contributed by atoms with van der Waals surface area (Å²) in [7, 11) is 1.90. The summed E-state index contributed by atoms with van der Waals surface area (Å²) in [6, 6.07) is 6.93. The molecule has 0 aliphatic heterocycles. The molecular formula is C14H13N3O3. The monoisotopic (exact) mass is 271 g/mol. The van der Waals surface area contributed by atoms with Crippen LogP contribution in [-0.4, -0.2) is 14.1 Å². The molecule has 0 atom stereocenters. The first kappa shape index (κ1) is 12.4. The van der Waals surface area contributed by atoms with E-state index in [2.05, 4.69) is 4.98 Å². The zero-order valence-corrected chi connectivity index (χ0v) is 10.9. The number of hydrogen-bond donors (Lipinski definition) is 0. The Morgan fingerprint density at radius 2 is 2.05 bits per heavy atom. The lowest BCUT2D eigenvalue weighted by molar-refractivity contribution is 0.414. The summed E-state index contributed by atoms with van der Waals surface area (Å²) in [4.78, 5) is 27.7. The van der Waals surface area contributed by atoms with Gasteiger partial charge in [0.1, 0.15) is 5.82 Å². The van der Waals surface area contributed by atoms with Crippen LogP contribution >= 0.6 is 0 Å². The molecule has 0 saturated carbocycles. The number of nitrogens with zero attached hydrogens (tertiary/aromatic N) is 3. The standard InChI is InChI=1S/C14H13N3O3/c1-16-9-7-15-12(16)6-8-17-11-5-3-2-4-10(11)13(18)20-14(17)19/h2-5,7,9H,6,8H2,1H3. The van der Waals surface area contributed by atoms with Crippen LogP contribution in [0.2, 0.25) is 0 Å². The van der Waals surface area contributed by atoms with Crippen LogP contribution in [-0.2, 0) is 20.0 Å². The number of imidazole rings is 1. The zero-order chi connectivity index (χ0) is 14.1.